The van der Waals surface area contributed by atoms with E-state index in [0.717, 1.165) is 11.4 Å². The highest BCUT2D eigenvalue weighted by atomic mass is 32.3. The third-order valence-electron chi connectivity index (χ3n) is 5.21. The maximum atomic E-state index is 12.4. The van der Waals surface area contributed by atoms with Crippen LogP contribution in [-0.2, 0) is 15.2 Å². The van der Waals surface area contributed by atoms with Gasteiger partial charge in [-0.1, -0.05) is 0 Å². The second-order valence-corrected chi connectivity index (χ2v) is 10.2. The van der Waals surface area contributed by atoms with Crippen molar-refractivity contribution in [1.29, 1.82) is 0 Å². The zero-order valence-corrected chi connectivity index (χ0v) is 18.9. The van der Waals surface area contributed by atoms with E-state index in [-0.39, 0.29) is 11.8 Å². The second kappa shape index (κ2) is 10.0. The minimum Gasteiger partial charge on any atom is -0.378 e. The smallest absolute Gasteiger partial charge is 0.321 e. The molecule has 4 rings (SSSR count). The van der Waals surface area contributed by atoms with Crippen molar-refractivity contribution < 1.29 is 23.4 Å². The van der Waals surface area contributed by atoms with E-state index in [2.05, 4.69) is 15.2 Å². The molecule has 2 saturated heterocycles. The summed E-state index contributed by atoms with van der Waals surface area (Å²) in [4.78, 5) is 25.5. The van der Waals surface area contributed by atoms with Crippen LogP contribution in [0.25, 0.3) is 11.4 Å². The monoisotopic (exact) mass is 463 g/mol. The SMILES string of the molecule is CS(O)(O)Cc1cc(N2CCOCC2)nc(-c2ccc(NC(=O)N3CCOCC3)cc2)n1. The Kier molecular flexibility index (Phi) is 7.11. The molecule has 2 aromatic rings. The molecule has 2 aliphatic heterocycles. The van der Waals surface area contributed by atoms with Gasteiger partial charge in [0, 0.05) is 49.8 Å². The standard InChI is InChI=1S/C21H29N5O5S/c1-32(28,29)15-18-14-19(25-6-10-30-11-7-25)24-20(22-18)16-2-4-17(5-3-16)23-21(27)26-8-12-31-13-9-26/h2-5,14,28-29H,6-13,15H2,1H3,(H,23,27). The van der Waals surface area contributed by atoms with Crippen LogP contribution in [-0.4, -0.2) is 88.9 Å². The molecule has 0 aliphatic carbocycles. The Morgan fingerprint density at radius 3 is 2.28 bits per heavy atom. The molecule has 10 nitrogen and oxygen atoms in total. The van der Waals surface area contributed by atoms with E-state index in [1.54, 1.807) is 4.90 Å². The fourth-order valence-corrected chi connectivity index (χ4v) is 4.30. The van der Waals surface area contributed by atoms with E-state index >= 15 is 0 Å². The number of nitrogens with one attached hydrogen (secondary N) is 1. The van der Waals surface area contributed by atoms with Gasteiger partial charge in [0.1, 0.15) is 5.82 Å². The van der Waals surface area contributed by atoms with Crippen molar-refractivity contribution in [1.82, 2.24) is 14.9 Å². The van der Waals surface area contributed by atoms with Gasteiger partial charge in [-0.3, -0.25) is 9.11 Å². The van der Waals surface area contributed by atoms with Crippen molar-refractivity contribution in [3.05, 3.63) is 36.0 Å². The van der Waals surface area contributed by atoms with Gasteiger partial charge in [-0.2, -0.15) is 10.6 Å². The number of benzene rings is 1. The number of carbonyl (C=O) groups is 1. The number of urea groups is 1. The average molecular weight is 464 g/mol. The van der Waals surface area contributed by atoms with Crippen LogP contribution in [0.4, 0.5) is 16.3 Å². The summed E-state index contributed by atoms with van der Waals surface area (Å²) < 4.78 is 30.6. The lowest BCUT2D eigenvalue weighted by Crippen LogP contribution is -2.43. The van der Waals surface area contributed by atoms with Gasteiger partial charge in [-0.25, -0.2) is 14.8 Å². The van der Waals surface area contributed by atoms with E-state index < -0.39 is 10.6 Å². The summed E-state index contributed by atoms with van der Waals surface area (Å²) in [6, 6.07) is 8.98. The number of aromatic nitrogens is 2. The largest absolute Gasteiger partial charge is 0.378 e. The number of hydrogen-bond donors (Lipinski definition) is 3. The topological polar surface area (TPSA) is 120 Å². The molecule has 32 heavy (non-hydrogen) atoms. The van der Waals surface area contributed by atoms with Gasteiger partial charge in [0.25, 0.3) is 0 Å². The molecule has 2 aliphatic rings. The van der Waals surface area contributed by atoms with Gasteiger partial charge >= 0.3 is 6.03 Å². The fraction of sp³-hybridized carbons (Fsp3) is 0.476. The molecule has 0 bridgehead atoms. The van der Waals surface area contributed by atoms with Crippen molar-refractivity contribution in [2.75, 3.05) is 69.1 Å². The maximum Gasteiger partial charge on any atom is 0.321 e. The Hall–Kier alpha value is -2.44. The lowest BCUT2D eigenvalue weighted by atomic mass is 10.2. The molecule has 11 heteroatoms. The molecule has 3 heterocycles. The van der Waals surface area contributed by atoms with E-state index in [9.17, 15) is 13.9 Å². The zero-order valence-electron chi connectivity index (χ0n) is 18.1. The first-order valence-corrected chi connectivity index (χ1v) is 12.7. The van der Waals surface area contributed by atoms with Crippen LogP contribution in [0, 0.1) is 0 Å². The molecule has 2 amide bonds. The van der Waals surface area contributed by atoms with E-state index in [1.165, 1.54) is 6.26 Å². The van der Waals surface area contributed by atoms with E-state index in [4.69, 9.17) is 14.5 Å². The van der Waals surface area contributed by atoms with Gasteiger partial charge in [0.15, 0.2) is 5.82 Å². The van der Waals surface area contributed by atoms with Gasteiger partial charge < -0.3 is 24.6 Å². The second-order valence-electron chi connectivity index (χ2n) is 7.89. The molecular formula is C21H29N5O5S. The van der Waals surface area contributed by atoms with Crippen LogP contribution >= 0.6 is 10.6 Å². The summed E-state index contributed by atoms with van der Waals surface area (Å²) in [5.41, 5.74) is 2.03. The van der Waals surface area contributed by atoms with Gasteiger partial charge in [0.2, 0.25) is 0 Å². The minimum absolute atomic E-state index is 0.0630. The number of rotatable bonds is 5. The number of ether oxygens (including phenoxy) is 2. The quantitative estimate of drug-likeness (QED) is 0.619. The van der Waals surface area contributed by atoms with Crippen LogP contribution in [0.5, 0.6) is 0 Å². The first-order chi connectivity index (χ1) is 15.4. The summed E-state index contributed by atoms with van der Waals surface area (Å²) in [7, 11) is -2.75. The van der Waals surface area contributed by atoms with E-state index in [0.29, 0.717) is 69.8 Å². The highest BCUT2D eigenvalue weighted by Gasteiger charge is 2.19. The number of anilines is 2. The van der Waals surface area contributed by atoms with Gasteiger partial charge in [-0.05, 0) is 24.3 Å². The maximum absolute atomic E-state index is 12.4. The molecule has 0 spiro atoms. The van der Waals surface area contributed by atoms with Crippen LogP contribution in [0.2, 0.25) is 0 Å². The average Bonchev–Trinajstić information content (AvgIpc) is 2.79. The van der Waals surface area contributed by atoms with Crippen LogP contribution < -0.4 is 10.2 Å². The fourth-order valence-electron chi connectivity index (χ4n) is 3.59. The summed E-state index contributed by atoms with van der Waals surface area (Å²) in [5.74, 6) is 1.30. The molecule has 0 atom stereocenters. The van der Waals surface area contributed by atoms with Crippen LogP contribution in [0.15, 0.2) is 30.3 Å². The highest BCUT2D eigenvalue weighted by Crippen LogP contribution is 2.38. The summed E-state index contributed by atoms with van der Waals surface area (Å²) >= 11 is 0. The molecule has 1 aromatic carbocycles. The summed E-state index contributed by atoms with van der Waals surface area (Å²) in [6.45, 7) is 4.92. The highest BCUT2D eigenvalue weighted by molar-refractivity contribution is 8.23. The number of carbonyl (C=O) groups excluding carboxylic acids is 1. The number of hydrogen-bond acceptors (Lipinski definition) is 8. The number of nitrogens with zero attached hydrogens (tertiary/aromatic N) is 4. The van der Waals surface area contributed by atoms with Crippen LogP contribution in [0.3, 0.4) is 0 Å². The van der Waals surface area contributed by atoms with Crippen molar-refractivity contribution in [3.63, 3.8) is 0 Å². The third-order valence-corrected chi connectivity index (χ3v) is 6.06. The first-order valence-electron chi connectivity index (χ1n) is 10.5. The molecule has 3 N–H and O–H groups in total. The Bertz CT molecular complexity index is 925. The molecule has 0 saturated carbocycles. The predicted octanol–water partition coefficient (Wildman–Crippen LogP) is 2.72. The van der Waals surface area contributed by atoms with Gasteiger partial charge in [0.05, 0.1) is 37.9 Å². The van der Waals surface area contributed by atoms with Crippen molar-refractivity contribution in [2.24, 2.45) is 0 Å². The first kappa shape index (κ1) is 22.7. The predicted molar refractivity (Wildman–Crippen MR) is 124 cm³/mol. The summed E-state index contributed by atoms with van der Waals surface area (Å²) in [5, 5.41) is 2.90. The normalized spacial score (nSPS) is 17.8. The van der Waals surface area contributed by atoms with Crippen LogP contribution in [0.1, 0.15) is 5.69 Å². The number of amides is 2. The van der Waals surface area contributed by atoms with Crippen molar-refractivity contribution in [2.45, 2.75) is 5.75 Å². The Morgan fingerprint density at radius 2 is 1.66 bits per heavy atom. The Balaban J connectivity index is 1.54. The Morgan fingerprint density at radius 1 is 1.03 bits per heavy atom. The molecule has 1 aromatic heterocycles. The minimum atomic E-state index is -2.75. The lowest BCUT2D eigenvalue weighted by molar-refractivity contribution is 0.0564. The third kappa shape index (κ3) is 6.08. The lowest BCUT2D eigenvalue weighted by Gasteiger charge is -2.30. The zero-order chi connectivity index (χ0) is 22.6. The van der Waals surface area contributed by atoms with Gasteiger partial charge in [-0.15, -0.1) is 0 Å². The van der Waals surface area contributed by atoms with Crippen molar-refractivity contribution in [3.8, 4) is 11.4 Å². The molecule has 174 valence electrons. The molecule has 0 unspecified atom stereocenters. The summed E-state index contributed by atoms with van der Waals surface area (Å²) in [6.07, 6.45) is 1.41. The molecular weight excluding hydrogens is 434 g/mol. The molecule has 0 radical (unpaired) electrons. The van der Waals surface area contributed by atoms with Crippen molar-refractivity contribution >= 4 is 28.1 Å². The Labute approximate surface area is 188 Å². The molecule has 2 fully saturated rings. The number of morpholine rings is 2. The van der Waals surface area contributed by atoms with E-state index in [1.807, 2.05) is 30.3 Å².